The second-order valence-electron chi connectivity index (χ2n) is 10.5. The predicted octanol–water partition coefficient (Wildman–Crippen LogP) is 5.50. The highest BCUT2D eigenvalue weighted by Crippen LogP contribution is 2.37. The Bertz CT molecular complexity index is 1120. The number of anilines is 2. The Morgan fingerprint density at radius 3 is 2.69 bits per heavy atom. The molecule has 36 heavy (non-hydrogen) atoms. The first-order valence-electron chi connectivity index (χ1n) is 12.7. The molecule has 5 rings (SSSR count). The minimum atomic E-state index is -0.646. The van der Waals surface area contributed by atoms with Gasteiger partial charge in [0.2, 0.25) is 5.95 Å². The van der Waals surface area contributed by atoms with Crippen molar-refractivity contribution in [2.75, 3.05) is 36.4 Å². The first-order valence-corrected chi connectivity index (χ1v) is 13.5. The molecule has 4 atom stereocenters. The molecule has 2 saturated heterocycles. The third kappa shape index (κ3) is 5.41. The second-order valence-corrected chi connectivity index (χ2v) is 11.3. The fourth-order valence-corrected chi connectivity index (χ4v) is 6.47. The molecule has 0 bridgehead atoms. The lowest BCUT2D eigenvalue weighted by atomic mass is 9.80. The molecule has 1 aromatic carbocycles. The van der Waals surface area contributed by atoms with Crippen LogP contribution in [0.4, 0.5) is 16.2 Å². The summed E-state index contributed by atoms with van der Waals surface area (Å²) in [4.78, 5) is 25.2. The molecule has 0 spiro atoms. The molecule has 1 aliphatic carbocycles. The fourth-order valence-electron chi connectivity index (χ4n) is 5.99. The topological polar surface area (TPSA) is 81.6 Å². The van der Waals surface area contributed by atoms with Crippen molar-refractivity contribution in [2.45, 2.75) is 51.1 Å². The minimum Gasteiger partial charge on any atom is -0.481 e. The maximum absolute atomic E-state index is 13.4. The molecule has 194 valence electrons. The number of benzene rings is 1. The first kappa shape index (κ1) is 25.5. The molecule has 3 aliphatic rings. The number of nitrogens with zero attached hydrogens (tertiary/aromatic N) is 4. The van der Waals surface area contributed by atoms with Crippen LogP contribution < -0.4 is 10.2 Å². The van der Waals surface area contributed by atoms with Crippen molar-refractivity contribution in [1.29, 1.82) is 0 Å². The van der Waals surface area contributed by atoms with Crippen molar-refractivity contribution in [1.82, 2.24) is 14.9 Å². The highest BCUT2D eigenvalue weighted by atomic mass is 35.5. The molecule has 3 fully saturated rings. The van der Waals surface area contributed by atoms with E-state index in [1.54, 1.807) is 12.3 Å². The highest BCUT2D eigenvalue weighted by Gasteiger charge is 2.40. The Morgan fingerprint density at radius 1 is 1.17 bits per heavy atom. The molecule has 2 N–H and O–H groups in total. The molecule has 1 unspecified atom stereocenters. The van der Waals surface area contributed by atoms with Gasteiger partial charge in [0.1, 0.15) is 10.8 Å². The summed E-state index contributed by atoms with van der Waals surface area (Å²) in [5.41, 5.74) is 0.761. The summed E-state index contributed by atoms with van der Waals surface area (Å²) in [7, 11) is 0. The predicted molar refractivity (Wildman–Crippen MR) is 139 cm³/mol. The van der Waals surface area contributed by atoms with Crippen molar-refractivity contribution in [3.63, 3.8) is 0 Å². The zero-order valence-corrected chi connectivity index (χ0v) is 21.9. The highest BCUT2D eigenvalue weighted by molar-refractivity contribution is 6.33. The average Bonchev–Trinajstić information content (AvgIpc) is 3.31. The zero-order valence-electron chi connectivity index (χ0n) is 20.3. The fraction of sp³-hybridized carbons (Fsp3) is 0.577. The number of piperidine rings is 1. The molecule has 1 aromatic heterocycles. The Kier molecular flexibility index (Phi) is 7.56. The molecular formula is C26H32Cl2FN5O2. The van der Waals surface area contributed by atoms with Crippen LogP contribution in [-0.2, 0) is 4.79 Å². The van der Waals surface area contributed by atoms with Crippen molar-refractivity contribution in [2.24, 2.45) is 17.8 Å². The number of halogens is 3. The lowest BCUT2D eigenvalue weighted by Crippen LogP contribution is -2.55. The number of carbonyl (C=O) groups is 1. The van der Waals surface area contributed by atoms with E-state index in [0.717, 1.165) is 51.0 Å². The summed E-state index contributed by atoms with van der Waals surface area (Å²) in [6.07, 6.45) is 6.58. The summed E-state index contributed by atoms with van der Waals surface area (Å²) in [5.74, 6) is 1.16. The van der Waals surface area contributed by atoms with Gasteiger partial charge in [0.25, 0.3) is 0 Å². The third-order valence-electron chi connectivity index (χ3n) is 8.13. The van der Waals surface area contributed by atoms with Crippen molar-refractivity contribution < 1.29 is 14.3 Å². The monoisotopic (exact) mass is 535 g/mol. The van der Waals surface area contributed by atoms with Crippen molar-refractivity contribution in [3.05, 3.63) is 45.8 Å². The number of aromatic nitrogens is 2. The van der Waals surface area contributed by atoms with Gasteiger partial charge in [0, 0.05) is 30.7 Å². The van der Waals surface area contributed by atoms with Gasteiger partial charge in [0.15, 0.2) is 5.82 Å². The van der Waals surface area contributed by atoms with Crippen LogP contribution in [0.25, 0.3) is 0 Å². The van der Waals surface area contributed by atoms with Gasteiger partial charge < -0.3 is 20.2 Å². The van der Waals surface area contributed by atoms with Crippen LogP contribution in [0.3, 0.4) is 0 Å². The second kappa shape index (κ2) is 10.7. The van der Waals surface area contributed by atoms with E-state index in [2.05, 4.69) is 25.1 Å². The Balaban J connectivity index is 1.18. The standard InChI is InChI=1S/C26H32Cl2FN5O2/c1-15(21-7-5-19(29)10-22(21)27)31-24-23(28)11-30-26(32-24)34-13-18(14-34)17-3-2-8-33(12-17)20-6-4-16(9-20)25(35)36/h5,7,10-11,15-18,20H,2-4,6,8-9,12-14H2,1H3,(H,35,36)(H,30,31,32)/t15-,16?,17+,20+/m1/s1. The smallest absolute Gasteiger partial charge is 0.306 e. The zero-order chi connectivity index (χ0) is 25.4. The normalized spacial score (nSPS) is 26.0. The molecule has 3 heterocycles. The number of aliphatic carboxylic acids is 1. The Labute approximate surface area is 221 Å². The van der Waals surface area contributed by atoms with E-state index in [-0.39, 0.29) is 17.8 Å². The molecule has 2 aliphatic heterocycles. The number of hydrogen-bond donors (Lipinski definition) is 2. The quantitative estimate of drug-likeness (QED) is 0.484. The molecular weight excluding hydrogens is 504 g/mol. The molecule has 2 aromatic rings. The summed E-state index contributed by atoms with van der Waals surface area (Å²) in [5, 5.41) is 13.4. The Morgan fingerprint density at radius 2 is 1.97 bits per heavy atom. The first-order chi connectivity index (χ1) is 17.3. The number of hydrogen-bond acceptors (Lipinski definition) is 6. The van der Waals surface area contributed by atoms with Gasteiger partial charge in [-0.1, -0.05) is 29.3 Å². The molecule has 1 saturated carbocycles. The summed E-state index contributed by atoms with van der Waals surface area (Å²) < 4.78 is 13.4. The van der Waals surface area contributed by atoms with Crippen molar-refractivity contribution in [3.8, 4) is 0 Å². The van der Waals surface area contributed by atoms with Crippen molar-refractivity contribution >= 4 is 40.9 Å². The molecule has 0 radical (unpaired) electrons. The molecule has 0 amide bonds. The lowest BCUT2D eigenvalue weighted by Gasteiger charge is -2.47. The lowest BCUT2D eigenvalue weighted by molar-refractivity contribution is -0.141. The number of nitrogens with one attached hydrogen (secondary N) is 1. The van der Waals surface area contributed by atoms with E-state index in [4.69, 9.17) is 23.2 Å². The van der Waals surface area contributed by atoms with Crippen LogP contribution in [0.1, 0.15) is 50.6 Å². The number of likely N-dealkylation sites (tertiary alicyclic amines) is 1. The van der Waals surface area contributed by atoms with Crippen LogP contribution in [0.2, 0.25) is 10.0 Å². The largest absolute Gasteiger partial charge is 0.481 e. The third-order valence-corrected chi connectivity index (χ3v) is 8.74. The number of carboxylic acid groups (broad SMARTS) is 1. The molecule has 10 heteroatoms. The summed E-state index contributed by atoms with van der Waals surface area (Å²) in [6.45, 7) is 5.87. The van der Waals surface area contributed by atoms with Crippen LogP contribution in [0, 0.1) is 23.6 Å². The van der Waals surface area contributed by atoms with Crippen LogP contribution >= 0.6 is 23.2 Å². The van der Waals surface area contributed by atoms with Gasteiger partial charge in [-0.3, -0.25) is 4.79 Å². The SMILES string of the molecule is C[C@@H](Nc1nc(N2CC([C@H]3CCCN([C@H]4CCC(C(=O)O)C4)C3)C2)ncc1Cl)c1ccc(F)cc1Cl. The van der Waals surface area contributed by atoms with E-state index in [9.17, 15) is 14.3 Å². The summed E-state index contributed by atoms with van der Waals surface area (Å²) in [6, 6.07) is 4.54. The van der Waals surface area contributed by atoms with Gasteiger partial charge in [-0.2, -0.15) is 4.98 Å². The van der Waals surface area contributed by atoms with Gasteiger partial charge in [0.05, 0.1) is 18.2 Å². The average molecular weight is 536 g/mol. The molecule has 7 nitrogen and oxygen atoms in total. The van der Waals surface area contributed by atoms with Crippen LogP contribution in [-0.4, -0.2) is 58.2 Å². The Hall–Kier alpha value is -2.16. The minimum absolute atomic E-state index is 0.179. The van der Waals surface area contributed by atoms with E-state index in [0.29, 0.717) is 39.7 Å². The van der Waals surface area contributed by atoms with E-state index < -0.39 is 5.97 Å². The number of carboxylic acids is 1. The maximum atomic E-state index is 13.4. The van der Waals surface area contributed by atoms with Gasteiger partial charge in [-0.05, 0) is 75.1 Å². The van der Waals surface area contributed by atoms with Crippen LogP contribution in [0.15, 0.2) is 24.4 Å². The van der Waals surface area contributed by atoms with Gasteiger partial charge in [-0.15, -0.1) is 0 Å². The van der Waals surface area contributed by atoms with Gasteiger partial charge >= 0.3 is 5.97 Å². The van der Waals surface area contributed by atoms with Gasteiger partial charge in [-0.25, -0.2) is 9.37 Å². The summed E-state index contributed by atoms with van der Waals surface area (Å²) >= 11 is 12.6. The van der Waals surface area contributed by atoms with E-state index >= 15 is 0 Å². The van der Waals surface area contributed by atoms with Crippen LogP contribution in [0.5, 0.6) is 0 Å². The van der Waals surface area contributed by atoms with E-state index in [1.165, 1.54) is 25.0 Å². The van der Waals surface area contributed by atoms with E-state index in [1.807, 2.05) is 6.92 Å². The maximum Gasteiger partial charge on any atom is 0.306 e. The number of rotatable bonds is 7.